The second-order valence-electron chi connectivity index (χ2n) is 4.38. The van der Waals surface area contributed by atoms with Crippen molar-refractivity contribution in [3.63, 3.8) is 0 Å². The lowest BCUT2D eigenvalue weighted by Crippen LogP contribution is -2.12. The maximum atomic E-state index is 9.18. The second kappa shape index (κ2) is 5.48. The average molecular weight is 256 g/mol. The van der Waals surface area contributed by atoms with Crippen LogP contribution in [-0.2, 0) is 13.5 Å². The molecule has 6 heteroatoms. The molecule has 0 aromatic carbocycles. The van der Waals surface area contributed by atoms with Gasteiger partial charge < -0.3 is 9.88 Å². The van der Waals surface area contributed by atoms with Crippen molar-refractivity contribution in [2.75, 3.05) is 11.9 Å². The third kappa shape index (κ3) is 2.71. The summed E-state index contributed by atoms with van der Waals surface area (Å²) in [5, 5.41) is 20.4. The fraction of sp³-hybridized carbons (Fsp3) is 0.385. The number of aromatic nitrogens is 4. The molecular weight excluding hydrogens is 240 g/mol. The molecule has 98 valence electrons. The second-order valence-corrected chi connectivity index (χ2v) is 4.38. The highest BCUT2D eigenvalue weighted by molar-refractivity contribution is 5.55. The Morgan fingerprint density at radius 1 is 1.37 bits per heavy atom. The highest BCUT2D eigenvalue weighted by atomic mass is 15.2. The lowest BCUT2D eigenvalue weighted by molar-refractivity contribution is 0.786. The van der Waals surface area contributed by atoms with E-state index in [1.807, 2.05) is 31.7 Å². The minimum Gasteiger partial charge on any atom is -0.367 e. The third-order valence-electron chi connectivity index (χ3n) is 3.13. The SMILES string of the molecule is Cc1nnc(NCCc2nccn2C)c(C#N)c1C. The molecule has 0 atom stereocenters. The Morgan fingerprint density at radius 2 is 2.16 bits per heavy atom. The molecule has 1 N–H and O–H groups in total. The van der Waals surface area contributed by atoms with Crippen molar-refractivity contribution in [1.82, 2.24) is 19.7 Å². The minimum atomic E-state index is 0.541. The van der Waals surface area contributed by atoms with E-state index >= 15 is 0 Å². The normalized spacial score (nSPS) is 10.2. The highest BCUT2D eigenvalue weighted by Crippen LogP contribution is 2.16. The molecule has 0 amide bonds. The summed E-state index contributed by atoms with van der Waals surface area (Å²) in [7, 11) is 1.96. The number of imidazole rings is 1. The van der Waals surface area contributed by atoms with Crippen LogP contribution in [-0.4, -0.2) is 26.3 Å². The summed E-state index contributed by atoms with van der Waals surface area (Å²) in [6.07, 6.45) is 4.45. The molecule has 0 saturated carbocycles. The maximum Gasteiger partial charge on any atom is 0.166 e. The Hall–Kier alpha value is -2.42. The lowest BCUT2D eigenvalue weighted by atomic mass is 10.1. The maximum absolute atomic E-state index is 9.18. The molecule has 0 bridgehead atoms. The van der Waals surface area contributed by atoms with Crippen molar-refractivity contribution >= 4 is 5.82 Å². The molecule has 0 unspecified atom stereocenters. The third-order valence-corrected chi connectivity index (χ3v) is 3.13. The first-order chi connectivity index (χ1) is 9.13. The van der Waals surface area contributed by atoms with E-state index in [-0.39, 0.29) is 0 Å². The summed E-state index contributed by atoms with van der Waals surface area (Å²) >= 11 is 0. The van der Waals surface area contributed by atoms with Gasteiger partial charge >= 0.3 is 0 Å². The molecule has 2 aromatic heterocycles. The van der Waals surface area contributed by atoms with Gasteiger partial charge in [0.15, 0.2) is 5.82 Å². The zero-order valence-corrected chi connectivity index (χ0v) is 11.3. The number of hydrogen-bond acceptors (Lipinski definition) is 5. The van der Waals surface area contributed by atoms with E-state index in [2.05, 4.69) is 26.6 Å². The summed E-state index contributed by atoms with van der Waals surface area (Å²) in [5.41, 5.74) is 2.22. The van der Waals surface area contributed by atoms with Gasteiger partial charge in [0.05, 0.1) is 5.69 Å². The van der Waals surface area contributed by atoms with Gasteiger partial charge in [0.2, 0.25) is 0 Å². The quantitative estimate of drug-likeness (QED) is 0.893. The lowest BCUT2D eigenvalue weighted by Gasteiger charge is -2.09. The summed E-state index contributed by atoms with van der Waals surface area (Å²) in [4.78, 5) is 4.24. The van der Waals surface area contributed by atoms with Crippen LogP contribution in [0.2, 0.25) is 0 Å². The topological polar surface area (TPSA) is 79.4 Å². The number of aryl methyl sites for hydroxylation is 2. The van der Waals surface area contributed by atoms with Crippen LogP contribution in [0.5, 0.6) is 0 Å². The monoisotopic (exact) mass is 256 g/mol. The Bertz CT molecular complexity index is 623. The molecule has 2 aromatic rings. The van der Waals surface area contributed by atoms with Crippen LogP contribution in [0.3, 0.4) is 0 Å². The molecule has 2 heterocycles. The van der Waals surface area contributed by atoms with Gasteiger partial charge in [0.25, 0.3) is 0 Å². The van der Waals surface area contributed by atoms with Crippen LogP contribution < -0.4 is 5.32 Å². The van der Waals surface area contributed by atoms with E-state index < -0.39 is 0 Å². The molecule has 0 spiro atoms. The Kier molecular flexibility index (Phi) is 3.76. The Balaban J connectivity index is 2.07. The fourth-order valence-electron chi connectivity index (χ4n) is 1.80. The van der Waals surface area contributed by atoms with E-state index in [4.69, 9.17) is 0 Å². The van der Waals surface area contributed by atoms with Crippen LogP contribution in [0.15, 0.2) is 12.4 Å². The average Bonchev–Trinajstić information content (AvgIpc) is 2.80. The van der Waals surface area contributed by atoms with Crippen molar-refractivity contribution in [1.29, 1.82) is 5.26 Å². The first-order valence-corrected chi connectivity index (χ1v) is 6.07. The smallest absolute Gasteiger partial charge is 0.166 e. The molecule has 0 aliphatic heterocycles. The standard InChI is InChI=1S/C13H16N6/c1-9-10(2)17-18-13(11(9)8-14)16-5-4-12-15-6-7-19(12)3/h6-7H,4-5H2,1-3H3,(H,16,18). The van der Waals surface area contributed by atoms with Crippen LogP contribution in [0.1, 0.15) is 22.6 Å². The van der Waals surface area contributed by atoms with Crippen molar-refractivity contribution in [2.45, 2.75) is 20.3 Å². The minimum absolute atomic E-state index is 0.541. The number of anilines is 1. The van der Waals surface area contributed by atoms with Crippen LogP contribution in [0, 0.1) is 25.2 Å². The number of nitrogens with one attached hydrogen (secondary N) is 1. The zero-order chi connectivity index (χ0) is 13.8. The number of nitrogens with zero attached hydrogens (tertiary/aromatic N) is 5. The van der Waals surface area contributed by atoms with Crippen LogP contribution in [0.25, 0.3) is 0 Å². The van der Waals surface area contributed by atoms with Gasteiger partial charge in [-0.1, -0.05) is 0 Å². The van der Waals surface area contributed by atoms with Crippen molar-refractivity contribution in [3.8, 4) is 6.07 Å². The Morgan fingerprint density at radius 3 is 2.79 bits per heavy atom. The first-order valence-electron chi connectivity index (χ1n) is 6.07. The molecule has 19 heavy (non-hydrogen) atoms. The van der Waals surface area contributed by atoms with E-state index in [0.717, 1.165) is 23.5 Å². The molecule has 0 aliphatic rings. The summed E-state index contributed by atoms with van der Waals surface area (Å²) in [6, 6.07) is 2.17. The van der Waals surface area contributed by atoms with Crippen LogP contribution >= 0.6 is 0 Å². The zero-order valence-electron chi connectivity index (χ0n) is 11.3. The van der Waals surface area contributed by atoms with Gasteiger partial charge in [0, 0.05) is 32.4 Å². The first kappa shape index (κ1) is 13.0. The van der Waals surface area contributed by atoms with Gasteiger partial charge in [0.1, 0.15) is 17.5 Å². The number of nitriles is 1. The van der Waals surface area contributed by atoms with E-state index in [1.54, 1.807) is 6.20 Å². The van der Waals surface area contributed by atoms with Crippen molar-refractivity contribution in [2.24, 2.45) is 7.05 Å². The largest absolute Gasteiger partial charge is 0.367 e. The molecule has 0 radical (unpaired) electrons. The van der Waals surface area contributed by atoms with Crippen molar-refractivity contribution < 1.29 is 0 Å². The van der Waals surface area contributed by atoms with E-state index in [1.165, 1.54) is 0 Å². The fourth-order valence-corrected chi connectivity index (χ4v) is 1.80. The summed E-state index contributed by atoms with van der Waals surface area (Å²) < 4.78 is 1.97. The van der Waals surface area contributed by atoms with Crippen LogP contribution in [0.4, 0.5) is 5.82 Å². The predicted octanol–water partition coefficient (Wildman–Crippen LogP) is 1.35. The van der Waals surface area contributed by atoms with Gasteiger partial charge in [-0.2, -0.15) is 10.4 Å². The van der Waals surface area contributed by atoms with Gasteiger partial charge in [-0.05, 0) is 19.4 Å². The number of hydrogen-bond donors (Lipinski definition) is 1. The van der Waals surface area contributed by atoms with E-state index in [9.17, 15) is 5.26 Å². The highest BCUT2D eigenvalue weighted by Gasteiger charge is 2.10. The molecule has 0 saturated heterocycles. The molecule has 0 fully saturated rings. The Labute approximate surface area is 112 Å². The summed E-state index contributed by atoms with van der Waals surface area (Å²) in [5.74, 6) is 1.53. The molecular formula is C13H16N6. The number of rotatable bonds is 4. The van der Waals surface area contributed by atoms with E-state index in [0.29, 0.717) is 17.9 Å². The molecule has 6 nitrogen and oxygen atoms in total. The predicted molar refractivity (Wildman–Crippen MR) is 71.6 cm³/mol. The summed E-state index contributed by atoms with van der Waals surface area (Å²) in [6.45, 7) is 4.39. The van der Waals surface area contributed by atoms with Gasteiger partial charge in [-0.3, -0.25) is 0 Å². The van der Waals surface area contributed by atoms with Crippen molar-refractivity contribution in [3.05, 3.63) is 35.0 Å². The molecule has 0 aliphatic carbocycles. The van der Waals surface area contributed by atoms with Gasteiger partial charge in [-0.25, -0.2) is 4.98 Å². The van der Waals surface area contributed by atoms with Gasteiger partial charge in [-0.15, -0.1) is 5.10 Å². The molecule has 2 rings (SSSR count).